The van der Waals surface area contributed by atoms with Crippen LogP contribution in [0, 0.1) is 23.7 Å². The minimum atomic E-state index is -0.236. The Morgan fingerprint density at radius 2 is 0.597 bits per heavy atom. The van der Waals surface area contributed by atoms with Crippen molar-refractivity contribution < 1.29 is 4.90 Å². The maximum Gasteiger partial charge on any atom is 0.131 e. The lowest BCUT2D eigenvalue weighted by Crippen LogP contribution is -3.07. The van der Waals surface area contributed by atoms with E-state index in [1.807, 2.05) is 0 Å². The van der Waals surface area contributed by atoms with Gasteiger partial charge in [-0.2, -0.15) is 25.3 Å². The normalized spacial score (nSPS) is 14.6. The smallest absolute Gasteiger partial charge is 0.131 e. The van der Waals surface area contributed by atoms with Gasteiger partial charge in [0.2, 0.25) is 0 Å². The minimum Gasteiger partial charge on any atom is -0.302 e. The second-order valence-corrected chi connectivity index (χ2v) is 21.4. The molecule has 1 aromatic rings. The van der Waals surface area contributed by atoms with Gasteiger partial charge in [-0.05, 0) is 61.5 Å². The number of hydrogen-bond donors (Lipinski definition) is 1. The van der Waals surface area contributed by atoms with Crippen molar-refractivity contribution in [3.63, 3.8) is 0 Å². The zero-order valence-corrected chi connectivity index (χ0v) is 45.1. The van der Waals surface area contributed by atoms with E-state index in [0.717, 1.165) is 23.7 Å². The van der Waals surface area contributed by atoms with Crippen LogP contribution < -0.4 is 4.90 Å². The van der Waals surface area contributed by atoms with Crippen LogP contribution in [0.1, 0.15) is 288 Å². The molecule has 0 heterocycles. The molecule has 4 atom stereocenters. The number of benzene rings is 1. The molecule has 4 unspecified atom stereocenters. The van der Waals surface area contributed by atoms with Gasteiger partial charge in [0, 0.05) is 6.15 Å². The molecular formula is C60H120BN. The molecule has 0 radical (unpaired) electrons. The predicted octanol–water partition coefficient (Wildman–Crippen LogP) is 20.6. The molecule has 368 valence electrons. The summed E-state index contributed by atoms with van der Waals surface area (Å²) in [7, 11) is 0. The largest absolute Gasteiger partial charge is 0.302 e. The molecule has 1 rings (SSSR count). The average Bonchev–Trinajstić information content (AvgIpc) is 3.30. The number of nitrogens with one attached hydrogen (secondary N) is 1. The highest BCUT2D eigenvalue weighted by atomic mass is 15.1. The third-order valence-corrected chi connectivity index (χ3v) is 16.3. The van der Waals surface area contributed by atoms with Gasteiger partial charge in [0.25, 0.3) is 0 Å². The summed E-state index contributed by atoms with van der Waals surface area (Å²) in [6.45, 7) is 26.6. The lowest BCUT2D eigenvalue weighted by molar-refractivity contribution is -0.833. The Bertz CT molecular complexity index is 888. The van der Waals surface area contributed by atoms with E-state index < -0.39 is 0 Å². The Morgan fingerprint density at radius 1 is 0.323 bits per heavy atom. The highest BCUT2D eigenvalue weighted by Crippen LogP contribution is 2.40. The lowest BCUT2D eigenvalue weighted by atomic mass is 9.16. The van der Waals surface area contributed by atoms with Crippen molar-refractivity contribution in [3.05, 3.63) is 30.3 Å². The van der Waals surface area contributed by atoms with E-state index in [0.29, 0.717) is 0 Å². The molecule has 0 saturated heterocycles. The van der Waals surface area contributed by atoms with Gasteiger partial charge in [-0.3, -0.25) is 0 Å². The summed E-state index contributed by atoms with van der Waals surface area (Å²) in [4.78, 5) is 1.71. The van der Waals surface area contributed by atoms with Crippen LogP contribution in [0.15, 0.2) is 30.3 Å². The molecule has 0 bridgehead atoms. The fraction of sp³-hybridized carbons (Fsp3) is 0.900. The van der Waals surface area contributed by atoms with Crippen molar-refractivity contribution >= 4 is 11.8 Å². The van der Waals surface area contributed by atoms with Crippen LogP contribution in [-0.2, 0) is 0 Å². The number of hydrogen-bond acceptors (Lipinski definition) is 0. The van der Waals surface area contributed by atoms with Gasteiger partial charge in [0.05, 0.1) is 13.1 Å². The molecule has 0 aliphatic carbocycles. The van der Waals surface area contributed by atoms with E-state index in [-0.39, 0.29) is 6.15 Å². The van der Waals surface area contributed by atoms with Gasteiger partial charge in [0.1, 0.15) is 5.69 Å². The summed E-state index contributed by atoms with van der Waals surface area (Å²) in [5, 5.41) is 0. The molecule has 62 heavy (non-hydrogen) atoms. The minimum absolute atomic E-state index is 0.236. The van der Waals surface area contributed by atoms with Crippen molar-refractivity contribution in [2.24, 2.45) is 23.7 Å². The monoisotopic (exact) mass is 866 g/mol. The second-order valence-electron chi connectivity index (χ2n) is 21.4. The van der Waals surface area contributed by atoms with Crippen molar-refractivity contribution in [2.45, 2.75) is 313 Å². The first-order valence-electron chi connectivity index (χ1n) is 29.5. The van der Waals surface area contributed by atoms with Gasteiger partial charge < -0.3 is 4.90 Å². The summed E-state index contributed by atoms with van der Waals surface area (Å²) in [6.07, 6.45) is 54.7. The van der Waals surface area contributed by atoms with Crippen molar-refractivity contribution in [1.82, 2.24) is 0 Å². The van der Waals surface area contributed by atoms with Gasteiger partial charge in [-0.25, -0.2) is 0 Å². The molecule has 1 aromatic carbocycles. The van der Waals surface area contributed by atoms with Crippen LogP contribution in [0.3, 0.4) is 0 Å². The molecule has 0 aromatic heterocycles. The van der Waals surface area contributed by atoms with Crippen molar-refractivity contribution in [1.29, 1.82) is 0 Å². The highest BCUT2D eigenvalue weighted by molar-refractivity contribution is 6.79. The van der Waals surface area contributed by atoms with Crippen LogP contribution in [0.4, 0.5) is 5.69 Å². The lowest BCUT2D eigenvalue weighted by Gasteiger charge is -2.44. The summed E-state index contributed by atoms with van der Waals surface area (Å²) in [5.74, 6) is 3.92. The molecule has 2 heteroatoms. The van der Waals surface area contributed by atoms with E-state index in [1.165, 1.54) is 237 Å². The number of unbranched alkanes of at least 4 members (excludes halogenated alkanes) is 16. The Morgan fingerprint density at radius 3 is 0.871 bits per heavy atom. The van der Waals surface area contributed by atoms with E-state index in [2.05, 4.69) is 99.6 Å². The van der Waals surface area contributed by atoms with E-state index >= 15 is 0 Å². The fourth-order valence-corrected chi connectivity index (χ4v) is 11.1. The van der Waals surface area contributed by atoms with E-state index in [1.54, 1.807) is 30.2 Å². The maximum absolute atomic E-state index is 2.47. The highest BCUT2D eigenvalue weighted by Gasteiger charge is 2.28. The number of para-hydroxylation sites is 1. The Labute approximate surface area is 395 Å². The molecule has 0 aliphatic heterocycles. The zero-order chi connectivity index (χ0) is 45.8. The first-order chi connectivity index (χ1) is 30.4. The summed E-state index contributed by atoms with van der Waals surface area (Å²) < 4.78 is 0. The maximum atomic E-state index is 2.47. The van der Waals surface area contributed by atoms with Crippen LogP contribution in [0.2, 0.25) is 25.3 Å². The average molecular weight is 866 g/mol. The molecule has 0 fully saturated rings. The number of quaternary nitrogens is 1. The van der Waals surface area contributed by atoms with Crippen LogP contribution >= 0.6 is 0 Å². The first kappa shape index (κ1) is 61.2. The van der Waals surface area contributed by atoms with Crippen molar-refractivity contribution in [2.75, 3.05) is 13.1 Å². The molecule has 0 spiro atoms. The summed E-state index contributed by atoms with van der Waals surface area (Å²) in [6, 6.07) is 11.2. The van der Waals surface area contributed by atoms with E-state index in [9.17, 15) is 0 Å². The molecule has 0 saturated carbocycles. The predicted molar refractivity (Wildman–Crippen MR) is 289 cm³/mol. The Hall–Kier alpha value is -0.755. The first-order valence-corrected chi connectivity index (χ1v) is 29.5. The van der Waals surface area contributed by atoms with Crippen LogP contribution in [-0.4, -0.2) is 19.2 Å². The molecule has 0 amide bonds. The zero-order valence-electron chi connectivity index (χ0n) is 45.1. The van der Waals surface area contributed by atoms with Crippen molar-refractivity contribution in [3.8, 4) is 0 Å². The molecule has 0 aliphatic rings. The van der Waals surface area contributed by atoms with Gasteiger partial charge in [-0.15, -0.1) is 0 Å². The Kier molecular flexibility index (Phi) is 44.8. The molecule has 1 nitrogen and oxygen atoms in total. The van der Waals surface area contributed by atoms with Crippen LogP contribution in [0.5, 0.6) is 0 Å². The van der Waals surface area contributed by atoms with Gasteiger partial charge >= 0.3 is 0 Å². The summed E-state index contributed by atoms with van der Waals surface area (Å²) in [5.41, 5.74) is 1.50. The fourth-order valence-electron chi connectivity index (χ4n) is 11.1. The van der Waals surface area contributed by atoms with Gasteiger partial charge in [0.15, 0.2) is 0 Å². The topological polar surface area (TPSA) is 4.44 Å². The third-order valence-electron chi connectivity index (χ3n) is 16.3. The van der Waals surface area contributed by atoms with Crippen LogP contribution in [0.25, 0.3) is 0 Å². The van der Waals surface area contributed by atoms with Gasteiger partial charge in [-0.1, -0.05) is 280 Å². The number of rotatable bonds is 45. The van der Waals surface area contributed by atoms with E-state index in [4.69, 9.17) is 0 Å². The molecular weight excluding hydrogens is 745 g/mol. The SMILES string of the molecule is CCCCC(CC)CC[B-](CCC(CC)CCCC)(CCC(CC)CCCC)CCC(CC)CCCC.CCCCCCCCC[NH+](CCCCCCCCC)c1ccccc1. The standard InChI is InChI=1S/C36H76B.C24H43N/c1-9-17-21-33(13-5)25-29-37(30-26-34(14-6)22-18-10-2,31-27-35(15-7)23-19-11-3)32-28-36(16-8)24-20-12-4;1-3-5-7-9-11-13-18-22-25(24-20-16-15-17-21-24)23-19-14-12-10-8-6-4-2/h33-36H,9-32H2,1-8H3;15-17,20-21H,3-14,18-19,22-23H2,1-2H3/q-1;/p+1. The second kappa shape index (κ2) is 45.4. The quantitative estimate of drug-likeness (QED) is 0.0492. The molecule has 1 N–H and O–H groups in total. The summed E-state index contributed by atoms with van der Waals surface area (Å²) >= 11 is 0. The third kappa shape index (κ3) is 33.7. The Balaban J connectivity index is 0.00000129.